The summed E-state index contributed by atoms with van der Waals surface area (Å²) in [6, 6.07) is 5.96. The Morgan fingerprint density at radius 3 is 2.72 bits per heavy atom. The van der Waals surface area contributed by atoms with Crippen LogP contribution in [-0.2, 0) is 4.89 Å². The molecule has 0 bridgehead atoms. The maximum atomic E-state index is 5.11. The quantitative estimate of drug-likeness (QED) is 0.805. The Morgan fingerprint density at radius 1 is 1.16 bits per heavy atom. The van der Waals surface area contributed by atoms with Crippen LogP contribution in [0.5, 0.6) is 5.75 Å². The molecule has 1 N–H and O–H groups in total. The van der Waals surface area contributed by atoms with Crippen LogP contribution in [0.15, 0.2) is 30.7 Å². The SMILES string of the molecule is Cc1nc(N2CCNCC2)ncc1-c1ccc2c(c1)C=COO2.Cl.Cl. The number of nitrogens with zero attached hydrogens (tertiary/aromatic N) is 3. The van der Waals surface area contributed by atoms with Crippen molar-refractivity contribution < 1.29 is 9.78 Å². The fraction of sp³-hybridized carbons (Fsp3) is 0.294. The molecule has 1 aromatic carbocycles. The molecule has 0 atom stereocenters. The van der Waals surface area contributed by atoms with Gasteiger partial charge in [-0.25, -0.2) is 9.97 Å². The first-order valence-electron chi connectivity index (χ1n) is 7.75. The van der Waals surface area contributed by atoms with E-state index in [-0.39, 0.29) is 24.8 Å². The van der Waals surface area contributed by atoms with E-state index in [2.05, 4.69) is 21.3 Å². The number of benzene rings is 1. The first-order valence-corrected chi connectivity index (χ1v) is 7.75. The minimum Gasteiger partial charge on any atom is -0.338 e. The normalized spacial score (nSPS) is 15.2. The van der Waals surface area contributed by atoms with Gasteiger partial charge < -0.3 is 10.2 Å². The summed E-state index contributed by atoms with van der Waals surface area (Å²) in [7, 11) is 0. The zero-order valence-corrected chi connectivity index (χ0v) is 15.4. The van der Waals surface area contributed by atoms with Crippen LogP contribution >= 0.6 is 24.8 Å². The third-order valence-corrected chi connectivity index (χ3v) is 4.13. The lowest BCUT2D eigenvalue weighted by atomic mass is 10.0. The zero-order valence-electron chi connectivity index (χ0n) is 13.8. The predicted molar refractivity (Wildman–Crippen MR) is 103 cm³/mol. The number of rotatable bonds is 2. The summed E-state index contributed by atoms with van der Waals surface area (Å²) in [5, 5.41) is 3.34. The van der Waals surface area contributed by atoms with Crippen molar-refractivity contribution in [3.8, 4) is 16.9 Å². The number of aromatic nitrogens is 2. The molecule has 0 radical (unpaired) electrons. The highest BCUT2D eigenvalue weighted by Crippen LogP contribution is 2.31. The number of aryl methyl sites for hydroxylation is 1. The van der Waals surface area contributed by atoms with Crippen molar-refractivity contribution in [1.29, 1.82) is 0 Å². The van der Waals surface area contributed by atoms with Crippen molar-refractivity contribution in [3.05, 3.63) is 41.9 Å². The van der Waals surface area contributed by atoms with Crippen molar-refractivity contribution in [3.63, 3.8) is 0 Å². The number of piperazine rings is 1. The smallest absolute Gasteiger partial charge is 0.225 e. The zero-order chi connectivity index (χ0) is 15.6. The van der Waals surface area contributed by atoms with E-state index in [0.717, 1.165) is 54.5 Å². The predicted octanol–water partition coefficient (Wildman–Crippen LogP) is 3.00. The van der Waals surface area contributed by atoms with Gasteiger partial charge in [-0.05, 0) is 30.7 Å². The lowest BCUT2D eigenvalue weighted by Gasteiger charge is -2.27. The summed E-state index contributed by atoms with van der Waals surface area (Å²) in [5.41, 5.74) is 4.07. The van der Waals surface area contributed by atoms with Gasteiger partial charge in [0.2, 0.25) is 5.95 Å². The third kappa shape index (κ3) is 3.98. The van der Waals surface area contributed by atoms with E-state index in [9.17, 15) is 0 Å². The van der Waals surface area contributed by atoms with Crippen LogP contribution in [-0.4, -0.2) is 36.1 Å². The summed E-state index contributed by atoms with van der Waals surface area (Å²) in [6.45, 7) is 5.86. The van der Waals surface area contributed by atoms with Crippen molar-refractivity contribution >= 4 is 36.8 Å². The number of hydrogen-bond donors (Lipinski definition) is 1. The van der Waals surface area contributed by atoms with E-state index in [1.807, 2.05) is 31.3 Å². The van der Waals surface area contributed by atoms with Gasteiger partial charge in [0, 0.05) is 43.5 Å². The molecule has 2 aliphatic rings. The lowest BCUT2D eigenvalue weighted by Crippen LogP contribution is -2.44. The standard InChI is InChI=1S/C17H18N4O2.2ClH/c1-12-15(11-19-17(20-12)21-7-5-18-6-8-21)13-2-3-16-14(10-13)4-9-22-23-16;;/h2-4,9-11,18H,5-8H2,1H3;2*1H. The summed E-state index contributed by atoms with van der Waals surface area (Å²) in [5.74, 6) is 1.52. The van der Waals surface area contributed by atoms with Crippen molar-refractivity contribution in [2.45, 2.75) is 6.92 Å². The molecule has 134 valence electrons. The molecule has 8 heteroatoms. The molecule has 0 amide bonds. The van der Waals surface area contributed by atoms with Gasteiger partial charge >= 0.3 is 0 Å². The molecule has 0 saturated carbocycles. The van der Waals surface area contributed by atoms with Crippen molar-refractivity contribution in [2.75, 3.05) is 31.1 Å². The Kier molecular flexibility index (Phi) is 6.47. The second-order valence-corrected chi connectivity index (χ2v) is 5.64. The fourth-order valence-corrected chi connectivity index (χ4v) is 2.86. The van der Waals surface area contributed by atoms with Crippen LogP contribution in [0.3, 0.4) is 0 Å². The number of fused-ring (bicyclic) bond motifs is 1. The van der Waals surface area contributed by atoms with E-state index in [4.69, 9.17) is 14.8 Å². The molecule has 3 heterocycles. The molecule has 2 aromatic rings. The molecule has 2 aliphatic heterocycles. The first-order chi connectivity index (χ1) is 11.3. The van der Waals surface area contributed by atoms with Gasteiger partial charge in [0.15, 0.2) is 5.75 Å². The summed E-state index contributed by atoms with van der Waals surface area (Å²) in [4.78, 5) is 21.4. The Morgan fingerprint density at radius 2 is 1.96 bits per heavy atom. The van der Waals surface area contributed by atoms with Crippen LogP contribution in [0.25, 0.3) is 17.2 Å². The van der Waals surface area contributed by atoms with Crippen molar-refractivity contribution in [1.82, 2.24) is 15.3 Å². The Bertz CT molecular complexity index is 764. The average Bonchev–Trinajstić information content (AvgIpc) is 2.62. The molecule has 4 rings (SSSR count). The van der Waals surface area contributed by atoms with Crippen molar-refractivity contribution in [2.24, 2.45) is 0 Å². The maximum absolute atomic E-state index is 5.11. The van der Waals surface area contributed by atoms with Gasteiger partial charge in [0.05, 0.1) is 5.69 Å². The molecule has 1 aromatic heterocycles. The van der Waals surface area contributed by atoms with Crippen LogP contribution in [0.2, 0.25) is 0 Å². The molecule has 0 aliphatic carbocycles. The summed E-state index contributed by atoms with van der Waals surface area (Å²) < 4.78 is 0. The third-order valence-electron chi connectivity index (χ3n) is 4.13. The van der Waals surface area contributed by atoms with Gasteiger partial charge in [0.1, 0.15) is 6.26 Å². The molecule has 6 nitrogen and oxygen atoms in total. The molecule has 1 saturated heterocycles. The van der Waals surface area contributed by atoms with Gasteiger partial charge in [-0.3, -0.25) is 9.78 Å². The largest absolute Gasteiger partial charge is 0.338 e. The molecule has 0 spiro atoms. The molecule has 1 fully saturated rings. The van der Waals surface area contributed by atoms with E-state index in [0.29, 0.717) is 5.75 Å². The molecular weight excluding hydrogens is 363 g/mol. The van der Waals surface area contributed by atoms with Gasteiger partial charge in [0.25, 0.3) is 0 Å². The Hall–Kier alpha value is -2.02. The van der Waals surface area contributed by atoms with E-state index in [1.54, 1.807) is 0 Å². The van der Waals surface area contributed by atoms with Gasteiger partial charge in [-0.1, -0.05) is 6.07 Å². The lowest BCUT2D eigenvalue weighted by molar-refractivity contribution is -0.151. The Balaban J connectivity index is 0.00000113. The van der Waals surface area contributed by atoms with E-state index >= 15 is 0 Å². The van der Waals surface area contributed by atoms with Gasteiger partial charge in [-0.15, -0.1) is 24.8 Å². The number of nitrogens with one attached hydrogen (secondary N) is 1. The fourth-order valence-electron chi connectivity index (χ4n) is 2.86. The monoisotopic (exact) mass is 382 g/mol. The van der Waals surface area contributed by atoms with E-state index < -0.39 is 0 Å². The summed E-state index contributed by atoms with van der Waals surface area (Å²) >= 11 is 0. The second-order valence-electron chi connectivity index (χ2n) is 5.64. The minimum atomic E-state index is 0. The second kappa shape index (κ2) is 8.38. The molecular formula is C17H20Cl2N4O2. The molecule has 0 unspecified atom stereocenters. The minimum absolute atomic E-state index is 0. The van der Waals surface area contributed by atoms with E-state index in [1.165, 1.54) is 6.26 Å². The number of hydrogen-bond acceptors (Lipinski definition) is 6. The highest BCUT2D eigenvalue weighted by atomic mass is 35.5. The highest BCUT2D eigenvalue weighted by molar-refractivity contribution is 5.85. The van der Waals surface area contributed by atoms with Crippen LogP contribution in [0, 0.1) is 6.92 Å². The molecule has 25 heavy (non-hydrogen) atoms. The first kappa shape index (κ1) is 19.3. The highest BCUT2D eigenvalue weighted by Gasteiger charge is 2.16. The Labute approximate surface area is 159 Å². The van der Waals surface area contributed by atoms with Crippen LogP contribution in [0.1, 0.15) is 11.3 Å². The van der Waals surface area contributed by atoms with Gasteiger partial charge in [-0.2, -0.15) is 0 Å². The summed E-state index contributed by atoms with van der Waals surface area (Å²) in [6.07, 6.45) is 5.32. The number of halogens is 2. The maximum Gasteiger partial charge on any atom is 0.225 e. The number of anilines is 1. The van der Waals surface area contributed by atoms with Crippen LogP contribution in [0.4, 0.5) is 5.95 Å². The topological polar surface area (TPSA) is 59.5 Å². The van der Waals surface area contributed by atoms with Crippen LogP contribution < -0.4 is 15.1 Å². The average molecular weight is 383 g/mol.